The van der Waals surface area contributed by atoms with Crippen molar-refractivity contribution < 1.29 is 27.2 Å². The Labute approximate surface area is 164 Å². The Balaban J connectivity index is 0.000000454. The van der Waals surface area contributed by atoms with Gasteiger partial charge in [0, 0.05) is 12.4 Å². The molecule has 0 unspecified atom stereocenters. The lowest BCUT2D eigenvalue weighted by molar-refractivity contribution is -0.128. The lowest BCUT2D eigenvalue weighted by Crippen LogP contribution is -2.21. The van der Waals surface area contributed by atoms with E-state index in [1.54, 1.807) is 0 Å². The summed E-state index contributed by atoms with van der Waals surface area (Å²) < 4.78 is 47.7. The Morgan fingerprint density at radius 2 is 1.59 bits per heavy atom. The number of nitrogens with one attached hydrogen (secondary N) is 1. The summed E-state index contributed by atoms with van der Waals surface area (Å²) in [4.78, 5) is 28.1. The minimum absolute atomic E-state index is 0.207. The minimum Gasteiger partial charge on any atom is -0.366 e. The lowest BCUT2D eigenvalue weighted by Gasteiger charge is -2.18. The van der Waals surface area contributed by atoms with Crippen LogP contribution in [0.5, 0.6) is 0 Å². The Hall–Kier alpha value is -3.24. The van der Waals surface area contributed by atoms with E-state index in [0.29, 0.717) is 11.5 Å². The fraction of sp³-hybridized carbons (Fsp3) is 0.333. The van der Waals surface area contributed by atoms with Crippen LogP contribution in [0.25, 0.3) is 0 Å². The summed E-state index contributed by atoms with van der Waals surface area (Å²) in [7, 11) is 0. The fourth-order valence-corrected chi connectivity index (χ4v) is 2.14. The highest BCUT2D eigenvalue weighted by molar-refractivity contribution is 5.92. The van der Waals surface area contributed by atoms with E-state index in [1.165, 1.54) is 24.5 Å². The van der Waals surface area contributed by atoms with Crippen LogP contribution in [-0.4, -0.2) is 28.2 Å². The van der Waals surface area contributed by atoms with E-state index < -0.39 is 35.4 Å². The smallest absolute Gasteiger partial charge is 0.315 e. The van der Waals surface area contributed by atoms with E-state index >= 15 is 0 Å². The maximum absolute atomic E-state index is 13.3. The van der Waals surface area contributed by atoms with Gasteiger partial charge in [0.15, 0.2) is 11.6 Å². The summed E-state index contributed by atoms with van der Waals surface area (Å²) in [5.74, 6) is -3.64. The van der Waals surface area contributed by atoms with Gasteiger partial charge in [0.1, 0.15) is 0 Å². The van der Waals surface area contributed by atoms with Crippen molar-refractivity contribution in [3.63, 3.8) is 0 Å². The number of nitrogens with two attached hydrogens (primary N) is 2. The van der Waals surface area contributed by atoms with Gasteiger partial charge in [-0.05, 0) is 30.5 Å². The normalized spacial score (nSPS) is 13.3. The van der Waals surface area contributed by atoms with Gasteiger partial charge in [-0.3, -0.25) is 9.59 Å². The molecule has 0 spiro atoms. The molecule has 1 fully saturated rings. The number of benzene rings is 1. The summed E-state index contributed by atoms with van der Waals surface area (Å²) in [5, 5.41) is 3.10. The van der Waals surface area contributed by atoms with Crippen molar-refractivity contribution in [2.45, 2.75) is 38.7 Å². The highest BCUT2D eigenvalue weighted by Gasteiger charge is 2.45. The molecular formula is C18H21F4N5O2. The number of rotatable bonds is 5. The number of hydrogen-bond donors (Lipinski definition) is 3. The van der Waals surface area contributed by atoms with E-state index in [-0.39, 0.29) is 5.56 Å². The van der Waals surface area contributed by atoms with Crippen LogP contribution in [-0.2, 0) is 10.3 Å². The van der Waals surface area contributed by atoms with Crippen LogP contribution >= 0.6 is 0 Å². The van der Waals surface area contributed by atoms with Crippen LogP contribution in [0.1, 0.15) is 42.6 Å². The quantitative estimate of drug-likeness (QED) is 0.648. The summed E-state index contributed by atoms with van der Waals surface area (Å²) in [6, 6.07) is 3.81. The van der Waals surface area contributed by atoms with Crippen molar-refractivity contribution >= 4 is 17.8 Å². The first-order chi connectivity index (χ1) is 13.6. The van der Waals surface area contributed by atoms with Crippen molar-refractivity contribution in [3.05, 3.63) is 53.4 Å². The number of nitrogens with zero attached hydrogens (tertiary/aromatic N) is 2. The summed E-state index contributed by atoms with van der Waals surface area (Å²) >= 11 is 0. The van der Waals surface area contributed by atoms with Gasteiger partial charge in [-0.1, -0.05) is 19.9 Å². The van der Waals surface area contributed by atoms with Crippen LogP contribution in [0, 0.1) is 11.6 Å². The molecule has 5 N–H and O–H groups in total. The van der Waals surface area contributed by atoms with Gasteiger partial charge < -0.3 is 16.8 Å². The molecule has 1 aliphatic rings. The highest BCUT2D eigenvalue weighted by Crippen LogP contribution is 2.47. The van der Waals surface area contributed by atoms with E-state index in [9.17, 15) is 27.2 Å². The largest absolute Gasteiger partial charge is 0.366 e. The van der Waals surface area contributed by atoms with Gasteiger partial charge in [0.25, 0.3) is 11.8 Å². The van der Waals surface area contributed by atoms with Gasteiger partial charge in [-0.25, -0.2) is 18.7 Å². The summed E-state index contributed by atoms with van der Waals surface area (Å²) in [6.07, 6.45) is 1.15. The SMILES string of the molecule is CC.NC(=O)C(F)F.NC(=O)c1cnc(NC2(c3ccc(F)c(F)c3)CC2)nc1. The number of hydrogen-bond acceptors (Lipinski definition) is 5. The third-order valence-corrected chi connectivity index (χ3v) is 3.72. The van der Waals surface area contributed by atoms with Crippen LogP contribution < -0.4 is 16.8 Å². The molecule has 7 nitrogen and oxygen atoms in total. The second-order valence-electron chi connectivity index (χ2n) is 5.70. The molecule has 1 heterocycles. The molecule has 11 heteroatoms. The Morgan fingerprint density at radius 1 is 1.07 bits per heavy atom. The topological polar surface area (TPSA) is 124 Å². The zero-order chi connectivity index (χ0) is 22.2. The maximum Gasteiger partial charge on any atom is 0.315 e. The first-order valence-electron chi connectivity index (χ1n) is 8.57. The standard InChI is InChI=1S/C14H12F2N4O.C2H3F2NO.C2H6/c15-10-2-1-9(5-11(10)16)14(3-4-14)20-13-18-6-8(7-19-13)12(17)21;3-1(4)2(5)6;1-2/h1-2,5-7H,3-4H2,(H2,17,21)(H,18,19,20);1H,(H2,5,6);1-2H3. The number of carbonyl (C=O) groups excluding carboxylic acids is 2. The van der Waals surface area contributed by atoms with Crippen molar-refractivity contribution in [2.75, 3.05) is 5.32 Å². The predicted molar refractivity (Wildman–Crippen MR) is 98.0 cm³/mol. The number of alkyl halides is 2. The third-order valence-electron chi connectivity index (χ3n) is 3.72. The van der Waals surface area contributed by atoms with E-state index in [4.69, 9.17) is 5.73 Å². The van der Waals surface area contributed by atoms with Gasteiger partial charge in [-0.15, -0.1) is 0 Å². The molecule has 1 saturated carbocycles. The van der Waals surface area contributed by atoms with Gasteiger partial charge >= 0.3 is 6.43 Å². The molecule has 0 bridgehead atoms. The zero-order valence-corrected chi connectivity index (χ0v) is 15.8. The third kappa shape index (κ3) is 6.70. The van der Waals surface area contributed by atoms with E-state index in [0.717, 1.165) is 18.9 Å². The maximum atomic E-state index is 13.3. The molecule has 1 aromatic carbocycles. The average molecular weight is 415 g/mol. The lowest BCUT2D eigenvalue weighted by atomic mass is 10.0. The summed E-state index contributed by atoms with van der Waals surface area (Å²) in [5.41, 5.74) is 9.52. The molecule has 3 rings (SSSR count). The average Bonchev–Trinajstić information content (AvgIpc) is 3.47. The van der Waals surface area contributed by atoms with Gasteiger partial charge in [-0.2, -0.15) is 8.78 Å². The summed E-state index contributed by atoms with van der Waals surface area (Å²) in [6.45, 7) is 4.00. The molecule has 0 radical (unpaired) electrons. The first-order valence-corrected chi connectivity index (χ1v) is 8.57. The minimum atomic E-state index is -3.01. The van der Waals surface area contributed by atoms with Crippen molar-refractivity contribution in [3.8, 4) is 0 Å². The number of anilines is 1. The molecule has 158 valence electrons. The van der Waals surface area contributed by atoms with Crippen LogP contribution in [0.2, 0.25) is 0 Å². The molecule has 2 aromatic rings. The molecule has 0 saturated heterocycles. The second-order valence-corrected chi connectivity index (χ2v) is 5.70. The Morgan fingerprint density at radius 3 is 1.97 bits per heavy atom. The van der Waals surface area contributed by atoms with Crippen molar-refractivity contribution in [1.82, 2.24) is 9.97 Å². The molecule has 1 aromatic heterocycles. The number of aromatic nitrogens is 2. The number of halogens is 4. The molecule has 1 aliphatic carbocycles. The molecule has 0 atom stereocenters. The molecular weight excluding hydrogens is 394 g/mol. The van der Waals surface area contributed by atoms with Crippen LogP contribution in [0.3, 0.4) is 0 Å². The van der Waals surface area contributed by atoms with Crippen molar-refractivity contribution in [2.24, 2.45) is 11.5 Å². The molecule has 2 amide bonds. The highest BCUT2D eigenvalue weighted by atomic mass is 19.3. The van der Waals surface area contributed by atoms with Gasteiger partial charge in [0.05, 0.1) is 11.1 Å². The van der Waals surface area contributed by atoms with E-state index in [1.807, 2.05) is 13.8 Å². The zero-order valence-electron chi connectivity index (χ0n) is 15.8. The second kappa shape index (κ2) is 10.3. The Kier molecular flexibility index (Phi) is 8.49. The van der Waals surface area contributed by atoms with Crippen LogP contribution in [0.4, 0.5) is 23.5 Å². The molecule has 29 heavy (non-hydrogen) atoms. The monoisotopic (exact) mass is 415 g/mol. The van der Waals surface area contributed by atoms with E-state index in [2.05, 4.69) is 21.0 Å². The fourth-order valence-electron chi connectivity index (χ4n) is 2.14. The van der Waals surface area contributed by atoms with Gasteiger partial charge in [0.2, 0.25) is 5.95 Å². The number of primary amides is 2. The Bertz CT molecular complexity index is 843. The first kappa shape index (κ1) is 23.8. The molecule has 0 aliphatic heterocycles. The van der Waals surface area contributed by atoms with Crippen LogP contribution in [0.15, 0.2) is 30.6 Å². The van der Waals surface area contributed by atoms with Crippen molar-refractivity contribution in [1.29, 1.82) is 0 Å². The predicted octanol–water partition coefficient (Wildman–Crippen LogP) is 2.72. The number of amides is 2. The number of carbonyl (C=O) groups is 2.